The molecule has 4 nitrogen and oxygen atoms in total. The van der Waals surface area contributed by atoms with Gasteiger partial charge in [-0.25, -0.2) is 13.5 Å². The number of anilines is 1. The number of halogens is 4. The maximum Gasteiger partial charge on any atom is 0.259 e. The molecule has 0 saturated heterocycles. The lowest BCUT2D eigenvalue weighted by Gasteiger charge is -2.14. The molecule has 1 amide bonds. The van der Waals surface area contributed by atoms with Gasteiger partial charge in [0.1, 0.15) is 17.5 Å². The minimum atomic E-state index is -0.958. The van der Waals surface area contributed by atoms with Gasteiger partial charge < -0.3 is 5.32 Å². The van der Waals surface area contributed by atoms with Gasteiger partial charge in [0.05, 0.1) is 22.0 Å². The Balaban J connectivity index is 2.08. The number of amides is 1. The summed E-state index contributed by atoms with van der Waals surface area (Å²) >= 11 is 12.4. The zero-order valence-corrected chi connectivity index (χ0v) is 16.9. The van der Waals surface area contributed by atoms with Gasteiger partial charge in [-0.2, -0.15) is 5.10 Å². The van der Waals surface area contributed by atoms with E-state index in [0.29, 0.717) is 27.5 Å². The highest BCUT2D eigenvalue weighted by Gasteiger charge is 2.23. The summed E-state index contributed by atoms with van der Waals surface area (Å²) in [6.07, 6.45) is 0. The minimum Gasteiger partial charge on any atom is -0.306 e. The summed E-state index contributed by atoms with van der Waals surface area (Å²) in [4.78, 5) is 12.6. The molecule has 8 heteroatoms. The maximum atomic E-state index is 14.0. The van der Waals surface area contributed by atoms with Crippen molar-refractivity contribution in [3.05, 3.63) is 75.4 Å². The van der Waals surface area contributed by atoms with Crippen molar-refractivity contribution in [2.24, 2.45) is 0 Å². The molecule has 28 heavy (non-hydrogen) atoms. The van der Waals surface area contributed by atoms with E-state index in [9.17, 15) is 13.6 Å². The van der Waals surface area contributed by atoms with E-state index in [1.165, 1.54) is 4.68 Å². The standard InChI is InChI=1S/C20H17Cl2F2N3O/c1-20(2,3)17-10-18(25-19(28)13-6-5-12(23)9-15(13)24)27(26-17)16-8-11(21)4-7-14(16)22/h4-10H,1-3H3,(H,25,28). The number of hydrogen-bond acceptors (Lipinski definition) is 2. The van der Waals surface area contributed by atoms with Crippen molar-refractivity contribution < 1.29 is 13.6 Å². The molecule has 2 aromatic carbocycles. The number of carbonyl (C=O) groups is 1. The van der Waals surface area contributed by atoms with Crippen LogP contribution in [0.4, 0.5) is 14.6 Å². The normalized spacial score (nSPS) is 11.5. The second-order valence-electron chi connectivity index (χ2n) is 7.25. The van der Waals surface area contributed by atoms with Crippen LogP contribution in [-0.4, -0.2) is 15.7 Å². The third kappa shape index (κ3) is 4.18. The Morgan fingerprint density at radius 2 is 1.79 bits per heavy atom. The van der Waals surface area contributed by atoms with Gasteiger partial charge in [-0.1, -0.05) is 44.0 Å². The number of carbonyl (C=O) groups excluding carboxylic acids is 1. The third-order valence-electron chi connectivity index (χ3n) is 4.03. The quantitative estimate of drug-likeness (QED) is 0.560. The summed E-state index contributed by atoms with van der Waals surface area (Å²) in [6, 6.07) is 9.28. The van der Waals surface area contributed by atoms with Crippen molar-refractivity contribution >= 4 is 34.9 Å². The molecule has 0 unspecified atom stereocenters. The Kier molecular flexibility index (Phi) is 5.46. The summed E-state index contributed by atoms with van der Waals surface area (Å²) < 4.78 is 28.5. The molecular formula is C20H17Cl2F2N3O. The van der Waals surface area contributed by atoms with E-state index in [0.717, 1.165) is 12.1 Å². The molecule has 0 spiro atoms. The first kappa shape index (κ1) is 20.3. The van der Waals surface area contributed by atoms with Crippen LogP contribution in [0.5, 0.6) is 0 Å². The SMILES string of the molecule is CC(C)(C)c1cc(NC(=O)c2ccc(F)cc2F)n(-c2cc(Cl)ccc2Cl)n1. The van der Waals surface area contributed by atoms with Crippen molar-refractivity contribution in [1.82, 2.24) is 9.78 Å². The smallest absolute Gasteiger partial charge is 0.259 e. The van der Waals surface area contributed by atoms with Crippen molar-refractivity contribution in [2.45, 2.75) is 26.2 Å². The Bertz CT molecular complexity index is 1060. The van der Waals surface area contributed by atoms with Gasteiger partial charge in [-0.15, -0.1) is 0 Å². The van der Waals surface area contributed by atoms with Crippen molar-refractivity contribution in [1.29, 1.82) is 0 Å². The molecule has 1 aromatic heterocycles. The van der Waals surface area contributed by atoms with Crippen LogP contribution in [0.2, 0.25) is 10.0 Å². The highest BCUT2D eigenvalue weighted by molar-refractivity contribution is 6.34. The number of hydrogen-bond donors (Lipinski definition) is 1. The van der Waals surface area contributed by atoms with Crippen LogP contribution in [0.15, 0.2) is 42.5 Å². The Hall–Kier alpha value is -2.44. The number of benzene rings is 2. The number of nitrogens with zero attached hydrogens (tertiary/aromatic N) is 2. The van der Waals surface area contributed by atoms with Crippen molar-refractivity contribution in [2.75, 3.05) is 5.32 Å². The van der Waals surface area contributed by atoms with Crippen LogP contribution in [0, 0.1) is 11.6 Å². The minimum absolute atomic E-state index is 0.280. The fourth-order valence-electron chi connectivity index (χ4n) is 2.53. The zero-order valence-electron chi connectivity index (χ0n) is 15.4. The topological polar surface area (TPSA) is 46.9 Å². The largest absolute Gasteiger partial charge is 0.306 e. The second kappa shape index (κ2) is 7.53. The van der Waals surface area contributed by atoms with E-state index in [1.807, 2.05) is 20.8 Å². The Labute approximate surface area is 171 Å². The second-order valence-corrected chi connectivity index (χ2v) is 8.09. The average Bonchev–Trinajstić information content (AvgIpc) is 3.00. The molecule has 3 rings (SSSR count). The first-order valence-corrected chi connectivity index (χ1v) is 9.14. The molecule has 1 heterocycles. The predicted octanol–water partition coefficient (Wildman–Crippen LogP) is 6.01. The zero-order chi connectivity index (χ0) is 20.6. The monoisotopic (exact) mass is 423 g/mol. The predicted molar refractivity (Wildman–Crippen MR) is 107 cm³/mol. The summed E-state index contributed by atoms with van der Waals surface area (Å²) in [7, 11) is 0. The number of nitrogens with one attached hydrogen (secondary N) is 1. The van der Waals surface area contributed by atoms with E-state index in [2.05, 4.69) is 10.4 Å². The van der Waals surface area contributed by atoms with E-state index in [4.69, 9.17) is 23.2 Å². The van der Waals surface area contributed by atoms with Crippen LogP contribution in [0.25, 0.3) is 5.69 Å². The van der Waals surface area contributed by atoms with Gasteiger partial charge in [0.25, 0.3) is 5.91 Å². The van der Waals surface area contributed by atoms with Crippen LogP contribution >= 0.6 is 23.2 Å². The molecular weight excluding hydrogens is 407 g/mol. The van der Waals surface area contributed by atoms with E-state index < -0.39 is 17.5 Å². The lowest BCUT2D eigenvalue weighted by atomic mass is 9.92. The van der Waals surface area contributed by atoms with E-state index in [-0.39, 0.29) is 16.8 Å². The Morgan fingerprint density at radius 3 is 2.43 bits per heavy atom. The molecule has 0 fully saturated rings. The highest BCUT2D eigenvalue weighted by Crippen LogP contribution is 2.31. The fourth-order valence-corrected chi connectivity index (χ4v) is 2.89. The first-order valence-electron chi connectivity index (χ1n) is 8.38. The van der Waals surface area contributed by atoms with E-state index >= 15 is 0 Å². The van der Waals surface area contributed by atoms with Gasteiger partial charge in [0.2, 0.25) is 0 Å². The van der Waals surface area contributed by atoms with Gasteiger partial charge in [0, 0.05) is 22.6 Å². The lowest BCUT2D eigenvalue weighted by molar-refractivity contribution is 0.102. The molecule has 0 atom stereocenters. The van der Waals surface area contributed by atoms with Gasteiger partial charge in [0.15, 0.2) is 0 Å². The molecule has 0 radical (unpaired) electrons. The molecule has 3 aromatic rings. The number of rotatable bonds is 3. The summed E-state index contributed by atoms with van der Waals surface area (Å²) in [6.45, 7) is 5.89. The van der Waals surface area contributed by atoms with E-state index in [1.54, 1.807) is 24.3 Å². The first-order chi connectivity index (χ1) is 13.1. The molecule has 1 N–H and O–H groups in total. The molecule has 0 aliphatic heterocycles. The van der Waals surface area contributed by atoms with Gasteiger partial charge >= 0.3 is 0 Å². The average molecular weight is 424 g/mol. The van der Waals surface area contributed by atoms with Crippen LogP contribution < -0.4 is 5.32 Å². The van der Waals surface area contributed by atoms with Crippen molar-refractivity contribution in [3.8, 4) is 5.69 Å². The molecule has 0 saturated carbocycles. The molecule has 0 aliphatic carbocycles. The van der Waals surface area contributed by atoms with Crippen molar-refractivity contribution in [3.63, 3.8) is 0 Å². The maximum absolute atomic E-state index is 14.0. The molecule has 0 bridgehead atoms. The van der Waals surface area contributed by atoms with Gasteiger partial charge in [-0.05, 0) is 30.3 Å². The van der Waals surface area contributed by atoms with Gasteiger partial charge in [-0.3, -0.25) is 4.79 Å². The summed E-state index contributed by atoms with van der Waals surface area (Å²) in [5, 5.41) is 7.97. The molecule has 146 valence electrons. The highest BCUT2D eigenvalue weighted by atomic mass is 35.5. The van der Waals surface area contributed by atoms with Crippen LogP contribution in [-0.2, 0) is 5.41 Å². The number of aromatic nitrogens is 2. The Morgan fingerprint density at radius 1 is 1.07 bits per heavy atom. The lowest BCUT2D eigenvalue weighted by Crippen LogP contribution is -2.17. The third-order valence-corrected chi connectivity index (χ3v) is 4.59. The van der Waals surface area contributed by atoms with Crippen LogP contribution in [0.1, 0.15) is 36.8 Å². The summed E-state index contributed by atoms with van der Waals surface area (Å²) in [5.74, 6) is -2.18. The van der Waals surface area contributed by atoms with Crippen LogP contribution in [0.3, 0.4) is 0 Å². The fraction of sp³-hybridized carbons (Fsp3) is 0.200. The molecule has 0 aliphatic rings. The summed E-state index contributed by atoms with van der Waals surface area (Å²) in [5.41, 5.74) is 0.526.